The van der Waals surface area contributed by atoms with Gasteiger partial charge in [0.2, 0.25) is 11.9 Å². The molecule has 1 amide bonds. The van der Waals surface area contributed by atoms with Crippen LogP contribution in [0.5, 0.6) is 0 Å². The molecule has 0 unspecified atom stereocenters. The molecular formula is C19H20FN5O. The zero-order chi connectivity index (χ0) is 18.7. The zero-order valence-corrected chi connectivity index (χ0v) is 14.9. The second kappa shape index (κ2) is 7.43. The van der Waals surface area contributed by atoms with Gasteiger partial charge in [-0.2, -0.15) is 5.10 Å². The van der Waals surface area contributed by atoms with Crippen LogP contribution in [0.2, 0.25) is 0 Å². The molecule has 3 aromatic rings. The van der Waals surface area contributed by atoms with Crippen LogP contribution in [0.1, 0.15) is 20.8 Å². The van der Waals surface area contributed by atoms with Crippen molar-refractivity contribution in [1.29, 1.82) is 0 Å². The number of halogens is 1. The molecule has 0 aliphatic rings. The molecule has 0 fully saturated rings. The molecular weight excluding hydrogens is 333 g/mol. The standard InChI is InChI=1S/C19H20FN5O/c1-12(2)10-25-11-16(17-8-9-21-19(23-17)22-13(3)26)18(24-25)14-4-6-15(20)7-5-14/h4-9,11-12H,10H2,1-3H3,(H,21,22,23,26). The Morgan fingerprint density at radius 3 is 2.62 bits per heavy atom. The molecule has 2 aromatic heterocycles. The fourth-order valence-corrected chi connectivity index (χ4v) is 2.62. The Morgan fingerprint density at radius 2 is 1.96 bits per heavy atom. The second-order valence-electron chi connectivity index (χ2n) is 6.46. The molecule has 0 spiro atoms. The van der Waals surface area contributed by atoms with Crippen LogP contribution in [0.25, 0.3) is 22.5 Å². The van der Waals surface area contributed by atoms with Crippen LogP contribution in [-0.2, 0) is 11.3 Å². The second-order valence-corrected chi connectivity index (χ2v) is 6.46. The summed E-state index contributed by atoms with van der Waals surface area (Å²) in [4.78, 5) is 19.7. The van der Waals surface area contributed by atoms with E-state index in [1.165, 1.54) is 19.1 Å². The lowest BCUT2D eigenvalue weighted by molar-refractivity contribution is -0.114. The van der Waals surface area contributed by atoms with Gasteiger partial charge in [0.05, 0.1) is 5.69 Å². The molecule has 0 aliphatic carbocycles. The summed E-state index contributed by atoms with van der Waals surface area (Å²) in [6.45, 7) is 6.37. The van der Waals surface area contributed by atoms with Crippen molar-refractivity contribution >= 4 is 11.9 Å². The predicted molar refractivity (Wildman–Crippen MR) is 97.8 cm³/mol. The normalized spacial score (nSPS) is 11.0. The SMILES string of the molecule is CC(=O)Nc1nccc(-c2cn(CC(C)C)nc2-c2ccc(F)cc2)n1. The molecule has 1 N–H and O–H groups in total. The van der Waals surface area contributed by atoms with Crippen LogP contribution in [0.15, 0.2) is 42.7 Å². The third-order valence-corrected chi connectivity index (χ3v) is 3.65. The van der Waals surface area contributed by atoms with E-state index in [2.05, 4.69) is 34.2 Å². The lowest BCUT2D eigenvalue weighted by Crippen LogP contribution is -2.09. The van der Waals surface area contributed by atoms with Crippen LogP contribution in [0.3, 0.4) is 0 Å². The monoisotopic (exact) mass is 353 g/mol. The lowest BCUT2D eigenvalue weighted by atomic mass is 10.1. The summed E-state index contributed by atoms with van der Waals surface area (Å²) >= 11 is 0. The van der Waals surface area contributed by atoms with Gasteiger partial charge in [-0.1, -0.05) is 13.8 Å². The Hall–Kier alpha value is -3.09. The topological polar surface area (TPSA) is 72.7 Å². The molecule has 134 valence electrons. The van der Waals surface area contributed by atoms with Gasteiger partial charge in [0.25, 0.3) is 0 Å². The van der Waals surface area contributed by atoms with Gasteiger partial charge in [-0.3, -0.25) is 14.8 Å². The average molecular weight is 353 g/mol. The lowest BCUT2D eigenvalue weighted by Gasteiger charge is -2.04. The Balaban J connectivity index is 2.08. The number of hydrogen-bond acceptors (Lipinski definition) is 4. The van der Waals surface area contributed by atoms with Gasteiger partial charge in [0.15, 0.2) is 0 Å². The number of amides is 1. The molecule has 6 nitrogen and oxygen atoms in total. The molecule has 0 radical (unpaired) electrons. The number of benzene rings is 1. The fraction of sp³-hybridized carbons (Fsp3) is 0.263. The van der Waals surface area contributed by atoms with Crippen molar-refractivity contribution in [1.82, 2.24) is 19.7 Å². The van der Waals surface area contributed by atoms with Crippen molar-refractivity contribution in [2.75, 3.05) is 5.32 Å². The van der Waals surface area contributed by atoms with Crippen molar-refractivity contribution in [2.24, 2.45) is 5.92 Å². The quantitative estimate of drug-likeness (QED) is 0.758. The smallest absolute Gasteiger partial charge is 0.229 e. The van der Waals surface area contributed by atoms with Crippen molar-refractivity contribution in [3.63, 3.8) is 0 Å². The largest absolute Gasteiger partial charge is 0.295 e. The molecule has 0 saturated heterocycles. The third-order valence-electron chi connectivity index (χ3n) is 3.65. The van der Waals surface area contributed by atoms with Crippen molar-refractivity contribution in [3.05, 3.63) is 48.5 Å². The molecule has 0 saturated carbocycles. The predicted octanol–water partition coefficient (Wildman–Crippen LogP) is 3.76. The molecule has 7 heteroatoms. The van der Waals surface area contributed by atoms with E-state index in [-0.39, 0.29) is 17.7 Å². The number of nitrogens with zero attached hydrogens (tertiary/aromatic N) is 4. The van der Waals surface area contributed by atoms with E-state index < -0.39 is 0 Å². The Morgan fingerprint density at radius 1 is 1.23 bits per heavy atom. The number of rotatable bonds is 5. The van der Waals surface area contributed by atoms with E-state index in [0.29, 0.717) is 17.3 Å². The highest BCUT2D eigenvalue weighted by molar-refractivity contribution is 5.87. The van der Waals surface area contributed by atoms with Gasteiger partial charge >= 0.3 is 0 Å². The van der Waals surface area contributed by atoms with Gasteiger partial charge in [-0.25, -0.2) is 14.4 Å². The first-order valence-electron chi connectivity index (χ1n) is 8.37. The van der Waals surface area contributed by atoms with Crippen molar-refractivity contribution < 1.29 is 9.18 Å². The molecule has 0 bridgehead atoms. The maximum Gasteiger partial charge on any atom is 0.229 e. The van der Waals surface area contributed by atoms with E-state index in [1.807, 2.05) is 10.9 Å². The van der Waals surface area contributed by atoms with E-state index in [0.717, 1.165) is 17.7 Å². The van der Waals surface area contributed by atoms with Crippen LogP contribution < -0.4 is 5.32 Å². The summed E-state index contributed by atoms with van der Waals surface area (Å²) in [6, 6.07) is 7.95. The highest BCUT2D eigenvalue weighted by Gasteiger charge is 2.16. The van der Waals surface area contributed by atoms with Crippen LogP contribution >= 0.6 is 0 Å². The van der Waals surface area contributed by atoms with E-state index in [1.54, 1.807) is 24.4 Å². The first-order chi connectivity index (χ1) is 12.4. The van der Waals surface area contributed by atoms with Crippen molar-refractivity contribution in [2.45, 2.75) is 27.3 Å². The Labute approximate surface area is 151 Å². The molecule has 0 aliphatic heterocycles. The number of aromatic nitrogens is 4. The summed E-state index contributed by atoms with van der Waals surface area (Å²) in [5, 5.41) is 7.25. The molecule has 3 rings (SSSR count). The van der Waals surface area contributed by atoms with E-state index in [4.69, 9.17) is 0 Å². The van der Waals surface area contributed by atoms with Crippen LogP contribution in [-0.4, -0.2) is 25.7 Å². The van der Waals surface area contributed by atoms with Crippen molar-refractivity contribution in [3.8, 4) is 22.5 Å². The van der Waals surface area contributed by atoms with Gasteiger partial charge in [-0.05, 0) is 36.2 Å². The first-order valence-corrected chi connectivity index (χ1v) is 8.37. The Bertz CT molecular complexity index is 918. The summed E-state index contributed by atoms with van der Waals surface area (Å²) < 4.78 is 15.2. The molecule has 26 heavy (non-hydrogen) atoms. The van der Waals surface area contributed by atoms with E-state index >= 15 is 0 Å². The molecule has 0 atom stereocenters. The highest BCUT2D eigenvalue weighted by Crippen LogP contribution is 2.30. The summed E-state index contributed by atoms with van der Waals surface area (Å²) in [6.07, 6.45) is 3.50. The minimum atomic E-state index is -0.299. The fourth-order valence-electron chi connectivity index (χ4n) is 2.62. The summed E-state index contributed by atoms with van der Waals surface area (Å²) in [5.74, 6) is 0.115. The van der Waals surface area contributed by atoms with Crippen LogP contribution in [0, 0.1) is 11.7 Å². The first kappa shape index (κ1) is 17.7. The minimum absolute atomic E-state index is 0.233. The minimum Gasteiger partial charge on any atom is -0.295 e. The highest BCUT2D eigenvalue weighted by atomic mass is 19.1. The molecule has 1 aromatic carbocycles. The average Bonchev–Trinajstić information content (AvgIpc) is 2.98. The number of carbonyl (C=O) groups is 1. The number of nitrogens with one attached hydrogen (secondary N) is 1. The number of anilines is 1. The maximum absolute atomic E-state index is 13.3. The third kappa shape index (κ3) is 4.11. The van der Waals surface area contributed by atoms with Crippen LogP contribution in [0.4, 0.5) is 10.3 Å². The maximum atomic E-state index is 13.3. The number of hydrogen-bond donors (Lipinski definition) is 1. The summed E-state index contributed by atoms with van der Waals surface area (Å²) in [7, 11) is 0. The van der Waals surface area contributed by atoms with Gasteiger partial charge in [-0.15, -0.1) is 0 Å². The zero-order valence-electron chi connectivity index (χ0n) is 14.9. The van der Waals surface area contributed by atoms with Gasteiger partial charge in [0, 0.05) is 37.0 Å². The van der Waals surface area contributed by atoms with Gasteiger partial charge < -0.3 is 0 Å². The summed E-state index contributed by atoms with van der Waals surface area (Å²) in [5.41, 5.74) is 2.94. The van der Waals surface area contributed by atoms with E-state index in [9.17, 15) is 9.18 Å². The molecule has 2 heterocycles. The van der Waals surface area contributed by atoms with Gasteiger partial charge in [0.1, 0.15) is 11.5 Å². The Kier molecular flexibility index (Phi) is 5.06. The number of carbonyl (C=O) groups excluding carboxylic acids is 1.